The van der Waals surface area contributed by atoms with Crippen molar-refractivity contribution in [2.24, 2.45) is 0 Å². The molecule has 5 nitrogen and oxygen atoms in total. The van der Waals surface area contributed by atoms with E-state index < -0.39 is 0 Å². The van der Waals surface area contributed by atoms with Gasteiger partial charge in [-0.3, -0.25) is 4.79 Å². The zero-order chi connectivity index (χ0) is 14.7. The van der Waals surface area contributed by atoms with Crippen LogP contribution in [0.2, 0.25) is 0 Å². The van der Waals surface area contributed by atoms with E-state index in [9.17, 15) is 4.79 Å². The summed E-state index contributed by atoms with van der Waals surface area (Å²) < 4.78 is 2.17. The molecule has 2 aliphatic heterocycles. The van der Waals surface area contributed by atoms with Gasteiger partial charge >= 0.3 is 0 Å². The van der Waals surface area contributed by atoms with Gasteiger partial charge in [0.1, 0.15) is 0 Å². The molecule has 0 aliphatic carbocycles. The number of likely N-dealkylation sites (tertiary alicyclic amines) is 1. The minimum absolute atomic E-state index is 0.302. The second-order valence-electron chi connectivity index (χ2n) is 6.38. The molecule has 0 saturated carbocycles. The molecule has 1 saturated heterocycles. The van der Waals surface area contributed by atoms with E-state index in [1.54, 1.807) is 0 Å². The average Bonchev–Trinajstić information content (AvgIpc) is 3.13. The van der Waals surface area contributed by atoms with E-state index >= 15 is 0 Å². The summed E-state index contributed by atoms with van der Waals surface area (Å²) in [6.45, 7) is 7.24. The molecule has 116 valence electrons. The van der Waals surface area contributed by atoms with Crippen molar-refractivity contribution >= 4 is 5.91 Å². The summed E-state index contributed by atoms with van der Waals surface area (Å²) in [7, 11) is 0. The normalized spacial score (nSPS) is 21.1. The van der Waals surface area contributed by atoms with Crippen LogP contribution in [0.5, 0.6) is 0 Å². The van der Waals surface area contributed by atoms with E-state index in [1.165, 1.54) is 25.9 Å². The first-order chi connectivity index (χ1) is 10.2. The minimum atomic E-state index is 0.302. The summed E-state index contributed by atoms with van der Waals surface area (Å²) in [5.41, 5.74) is 1.16. The highest BCUT2D eigenvalue weighted by molar-refractivity contribution is 5.76. The molecule has 5 heteroatoms. The van der Waals surface area contributed by atoms with Crippen molar-refractivity contribution in [2.75, 3.05) is 19.6 Å². The Kier molecular flexibility index (Phi) is 4.58. The van der Waals surface area contributed by atoms with Crippen molar-refractivity contribution in [2.45, 2.75) is 58.2 Å². The lowest BCUT2D eigenvalue weighted by Crippen LogP contribution is -2.34. The zero-order valence-electron chi connectivity index (χ0n) is 13.0. The molecule has 0 radical (unpaired) electrons. The highest BCUT2D eigenvalue weighted by atomic mass is 16.2. The van der Waals surface area contributed by atoms with E-state index in [0.717, 1.165) is 38.2 Å². The molecule has 3 rings (SSSR count). The van der Waals surface area contributed by atoms with E-state index in [2.05, 4.69) is 21.4 Å². The second kappa shape index (κ2) is 6.60. The first-order valence-corrected chi connectivity index (χ1v) is 8.25. The molecule has 0 bridgehead atoms. The highest BCUT2D eigenvalue weighted by Gasteiger charge is 2.22. The van der Waals surface area contributed by atoms with Crippen molar-refractivity contribution in [3.8, 4) is 0 Å². The maximum absolute atomic E-state index is 12.5. The predicted octanol–water partition coefficient (Wildman–Crippen LogP) is 1.88. The number of amides is 1. The predicted molar refractivity (Wildman–Crippen MR) is 81.8 cm³/mol. The van der Waals surface area contributed by atoms with E-state index in [0.29, 0.717) is 18.4 Å². The molecule has 1 aromatic heterocycles. The van der Waals surface area contributed by atoms with Crippen molar-refractivity contribution < 1.29 is 4.79 Å². The Morgan fingerprint density at radius 1 is 1.24 bits per heavy atom. The van der Waals surface area contributed by atoms with Crippen LogP contribution in [0.15, 0.2) is 12.5 Å². The monoisotopic (exact) mass is 290 g/mol. The molecule has 1 unspecified atom stereocenters. The molecule has 0 aromatic carbocycles. The first kappa shape index (κ1) is 14.6. The topological polar surface area (TPSA) is 41.4 Å². The van der Waals surface area contributed by atoms with Gasteiger partial charge in [-0.15, -0.1) is 0 Å². The van der Waals surface area contributed by atoms with Gasteiger partial charge in [-0.2, -0.15) is 0 Å². The number of carbonyl (C=O) groups excluding carboxylic acids is 1. The lowest BCUT2D eigenvalue weighted by Gasteiger charge is -2.25. The summed E-state index contributed by atoms with van der Waals surface area (Å²) in [6.07, 6.45) is 9.07. The fourth-order valence-corrected chi connectivity index (χ4v) is 3.46. The first-order valence-electron chi connectivity index (χ1n) is 8.25. The largest absolute Gasteiger partial charge is 0.337 e. The van der Waals surface area contributed by atoms with Crippen LogP contribution in [0.4, 0.5) is 0 Å². The van der Waals surface area contributed by atoms with Crippen molar-refractivity contribution in [1.29, 1.82) is 0 Å². The molecule has 0 spiro atoms. The molecule has 3 heterocycles. The lowest BCUT2D eigenvalue weighted by molar-refractivity contribution is -0.132. The van der Waals surface area contributed by atoms with Crippen LogP contribution < -0.4 is 0 Å². The van der Waals surface area contributed by atoms with Crippen LogP contribution in [0, 0.1) is 0 Å². The zero-order valence-corrected chi connectivity index (χ0v) is 13.0. The molecular formula is C16H26N4O. The fourth-order valence-electron chi connectivity index (χ4n) is 3.46. The molecule has 21 heavy (non-hydrogen) atoms. The molecule has 0 N–H and O–H groups in total. The van der Waals surface area contributed by atoms with Crippen molar-refractivity contribution in [3.05, 3.63) is 18.2 Å². The van der Waals surface area contributed by atoms with Crippen LogP contribution in [-0.2, 0) is 17.9 Å². The molecule has 2 aliphatic rings. The summed E-state index contributed by atoms with van der Waals surface area (Å²) in [4.78, 5) is 21.2. The van der Waals surface area contributed by atoms with E-state index in [4.69, 9.17) is 0 Å². The number of nitrogens with zero attached hydrogens (tertiary/aromatic N) is 4. The number of aromatic nitrogens is 2. The Balaban J connectivity index is 1.51. The number of rotatable bonds is 4. The van der Waals surface area contributed by atoms with E-state index in [-0.39, 0.29) is 0 Å². The van der Waals surface area contributed by atoms with Gasteiger partial charge < -0.3 is 14.4 Å². The number of hydrogen-bond donors (Lipinski definition) is 0. The Hall–Kier alpha value is -1.36. The summed E-state index contributed by atoms with van der Waals surface area (Å²) in [5, 5.41) is 0. The van der Waals surface area contributed by atoms with E-state index in [1.807, 2.05) is 17.4 Å². The quantitative estimate of drug-likeness (QED) is 0.850. The maximum atomic E-state index is 12.5. The van der Waals surface area contributed by atoms with Gasteiger partial charge in [-0.25, -0.2) is 4.98 Å². The molecule has 1 amide bonds. The van der Waals surface area contributed by atoms with Crippen molar-refractivity contribution in [1.82, 2.24) is 19.4 Å². The SMILES string of the molecule is CC(CCC(=O)N1CCCn2cncc2C1)N1CCCC1. The standard InChI is InChI=1S/C16H26N4O/c1-14(18-7-2-3-8-18)5-6-16(21)19-9-4-10-20-13-17-11-15(20)12-19/h11,13-14H,2-10,12H2,1H3. The summed E-state index contributed by atoms with van der Waals surface area (Å²) >= 11 is 0. The van der Waals surface area contributed by atoms with Crippen LogP contribution >= 0.6 is 0 Å². The van der Waals surface area contributed by atoms with Crippen LogP contribution in [0.3, 0.4) is 0 Å². The number of fused-ring (bicyclic) bond motifs is 1. The molecule has 1 fully saturated rings. The van der Waals surface area contributed by atoms with Crippen LogP contribution in [-0.4, -0.2) is 50.9 Å². The number of aryl methyl sites for hydroxylation is 1. The minimum Gasteiger partial charge on any atom is -0.337 e. The molecule has 1 atom stereocenters. The Labute approximate surface area is 126 Å². The third-order valence-corrected chi connectivity index (χ3v) is 4.87. The Bertz CT molecular complexity index is 478. The smallest absolute Gasteiger partial charge is 0.222 e. The van der Waals surface area contributed by atoms with Gasteiger partial charge in [0.25, 0.3) is 0 Å². The Morgan fingerprint density at radius 3 is 2.86 bits per heavy atom. The molecule has 1 aromatic rings. The number of carbonyl (C=O) groups is 1. The van der Waals surface area contributed by atoms with Crippen LogP contribution in [0.25, 0.3) is 0 Å². The number of imidazole rings is 1. The van der Waals surface area contributed by atoms with Gasteiger partial charge in [0.15, 0.2) is 0 Å². The fraction of sp³-hybridized carbons (Fsp3) is 0.750. The van der Waals surface area contributed by atoms with Gasteiger partial charge in [0.05, 0.1) is 18.6 Å². The second-order valence-corrected chi connectivity index (χ2v) is 6.38. The summed E-state index contributed by atoms with van der Waals surface area (Å²) in [5.74, 6) is 0.302. The lowest BCUT2D eigenvalue weighted by atomic mass is 10.1. The third kappa shape index (κ3) is 3.46. The average molecular weight is 290 g/mol. The number of hydrogen-bond acceptors (Lipinski definition) is 3. The van der Waals surface area contributed by atoms with Gasteiger partial charge in [0, 0.05) is 31.7 Å². The van der Waals surface area contributed by atoms with Crippen LogP contribution in [0.1, 0.15) is 44.7 Å². The highest BCUT2D eigenvalue weighted by Crippen LogP contribution is 2.17. The van der Waals surface area contributed by atoms with Gasteiger partial charge in [0.2, 0.25) is 5.91 Å². The van der Waals surface area contributed by atoms with Crippen molar-refractivity contribution in [3.63, 3.8) is 0 Å². The van der Waals surface area contributed by atoms with Gasteiger partial charge in [-0.05, 0) is 45.7 Å². The summed E-state index contributed by atoms with van der Waals surface area (Å²) in [6, 6.07) is 0.536. The maximum Gasteiger partial charge on any atom is 0.222 e. The Morgan fingerprint density at radius 2 is 2.05 bits per heavy atom. The van der Waals surface area contributed by atoms with Gasteiger partial charge in [-0.1, -0.05) is 0 Å². The molecular weight excluding hydrogens is 264 g/mol. The third-order valence-electron chi connectivity index (χ3n) is 4.87.